The number of hydrogen-bond donors (Lipinski definition) is 0. The molecular formula is C20H34O3. The molecule has 3 nitrogen and oxygen atoms in total. The fourth-order valence-corrected chi connectivity index (χ4v) is 2.93. The molecule has 3 heteroatoms. The summed E-state index contributed by atoms with van der Waals surface area (Å²) in [6.45, 7) is 2.27. The van der Waals surface area contributed by atoms with Crippen LogP contribution in [0.3, 0.4) is 0 Å². The summed E-state index contributed by atoms with van der Waals surface area (Å²) in [7, 11) is 0. The van der Waals surface area contributed by atoms with E-state index >= 15 is 0 Å². The Hall–Kier alpha value is -1.12. The molecule has 0 aliphatic carbocycles. The zero-order chi connectivity index (χ0) is 16.8. The molecule has 1 heterocycles. The topological polar surface area (TPSA) is 43.4 Å². The number of carbonyl (C=O) groups is 2. The van der Waals surface area contributed by atoms with Crippen LogP contribution in [0.2, 0.25) is 0 Å². The van der Waals surface area contributed by atoms with Crippen LogP contribution in [0.5, 0.6) is 0 Å². The van der Waals surface area contributed by atoms with E-state index < -0.39 is 17.9 Å². The number of rotatable bonds is 15. The minimum absolute atomic E-state index is 0.406. The molecule has 0 aromatic heterocycles. The predicted molar refractivity (Wildman–Crippen MR) is 94.0 cm³/mol. The summed E-state index contributed by atoms with van der Waals surface area (Å²) in [6.07, 6.45) is 22.2. The van der Waals surface area contributed by atoms with Gasteiger partial charge in [-0.2, -0.15) is 0 Å². The molecule has 0 unspecified atom stereocenters. The van der Waals surface area contributed by atoms with Crippen LogP contribution < -0.4 is 0 Å². The summed E-state index contributed by atoms with van der Waals surface area (Å²) >= 11 is 0. The molecule has 0 aromatic rings. The Bertz CT molecular complexity index is 346. The van der Waals surface area contributed by atoms with Crippen molar-refractivity contribution in [3.05, 3.63) is 12.2 Å². The van der Waals surface area contributed by atoms with Crippen LogP contribution >= 0.6 is 0 Å². The first-order valence-corrected chi connectivity index (χ1v) is 9.68. The van der Waals surface area contributed by atoms with Gasteiger partial charge in [0, 0.05) is 0 Å². The molecule has 0 saturated carbocycles. The quantitative estimate of drug-likeness (QED) is 0.167. The lowest BCUT2D eigenvalue weighted by Crippen LogP contribution is -2.39. The van der Waals surface area contributed by atoms with Crippen molar-refractivity contribution in [2.24, 2.45) is 5.92 Å². The highest BCUT2D eigenvalue weighted by molar-refractivity contribution is 6.11. The normalized spacial score (nSPS) is 15.2. The van der Waals surface area contributed by atoms with Crippen LogP contribution in [0.4, 0.5) is 0 Å². The molecule has 0 bridgehead atoms. The van der Waals surface area contributed by atoms with Crippen molar-refractivity contribution in [3.63, 3.8) is 0 Å². The van der Waals surface area contributed by atoms with E-state index in [4.69, 9.17) is 0 Å². The van der Waals surface area contributed by atoms with Gasteiger partial charge in [0.1, 0.15) is 0 Å². The molecule has 1 saturated heterocycles. The SMILES string of the molecule is CCCCCCCCCCCCCCC/C=C\C1C(=O)OC1=O. The lowest BCUT2D eigenvalue weighted by Gasteiger charge is -2.17. The van der Waals surface area contributed by atoms with Crippen LogP contribution in [0.1, 0.15) is 96.8 Å². The van der Waals surface area contributed by atoms with Crippen LogP contribution in [0.15, 0.2) is 12.2 Å². The Balaban J connectivity index is 1.76. The summed E-state index contributed by atoms with van der Waals surface area (Å²) in [4.78, 5) is 21.9. The van der Waals surface area contributed by atoms with E-state index in [2.05, 4.69) is 11.7 Å². The molecule has 0 radical (unpaired) electrons. The van der Waals surface area contributed by atoms with Gasteiger partial charge < -0.3 is 4.74 Å². The molecule has 132 valence electrons. The molecule has 23 heavy (non-hydrogen) atoms. The summed E-state index contributed by atoms with van der Waals surface area (Å²) in [5.41, 5.74) is 0. The molecule has 1 aliphatic heterocycles. The lowest BCUT2D eigenvalue weighted by atomic mass is 10.0. The van der Waals surface area contributed by atoms with Crippen molar-refractivity contribution in [1.82, 2.24) is 0 Å². The van der Waals surface area contributed by atoms with Crippen LogP contribution in [0.25, 0.3) is 0 Å². The molecule has 0 aromatic carbocycles. The van der Waals surface area contributed by atoms with Gasteiger partial charge >= 0.3 is 11.9 Å². The zero-order valence-electron chi connectivity index (χ0n) is 14.9. The van der Waals surface area contributed by atoms with E-state index in [1.54, 1.807) is 6.08 Å². The average molecular weight is 322 g/mol. The number of hydrogen-bond acceptors (Lipinski definition) is 3. The minimum Gasteiger partial charge on any atom is -0.391 e. The summed E-state index contributed by atoms with van der Waals surface area (Å²) < 4.78 is 4.30. The Morgan fingerprint density at radius 3 is 1.61 bits per heavy atom. The van der Waals surface area contributed by atoms with Gasteiger partial charge in [0.25, 0.3) is 0 Å². The molecule has 0 spiro atoms. The first kappa shape index (κ1) is 19.9. The third kappa shape index (κ3) is 9.58. The number of unbranched alkanes of at least 4 members (excludes halogenated alkanes) is 13. The highest BCUT2D eigenvalue weighted by Crippen LogP contribution is 2.17. The Morgan fingerprint density at radius 2 is 1.17 bits per heavy atom. The van der Waals surface area contributed by atoms with Crippen molar-refractivity contribution < 1.29 is 14.3 Å². The molecule has 0 N–H and O–H groups in total. The van der Waals surface area contributed by atoms with E-state index in [0.717, 1.165) is 12.8 Å². The fraction of sp³-hybridized carbons (Fsp3) is 0.800. The summed E-state index contributed by atoms with van der Waals surface area (Å²) in [6, 6.07) is 0. The van der Waals surface area contributed by atoms with Gasteiger partial charge in [-0.3, -0.25) is 9.59 Å². The molecular weight excluding hydrogens is 288 g/mol. The first-order chi connectivity index (χ1) is 11.3. The molecule has 0 atom stereocenters. The maximum Gasteiger partial charge on any atom is 0.331 e. The van der Waals surface area contributed by atoms with Crippen LogP contribution in [-0.2, 0) is 14.3 Å². The van der Waals surface area contributed by atoms with Crippen LogP contribution in [-0.4, -0.2) is 11.9 Å². The van der Waals surface area contributed by atoms with E-state index in [1.807, 2.05) is 6.08 Å². The maximum atomic E-state index is 10.9. The minimum atomic E-state index is -0.614. The van der Waals surface area contributed by atoms with E-state index in [0.29, 0.717) is 0 Å². The van der Waals surface area contributed by atoms with Gasteiger partial charge in [0.05, 0.1) is 0 Å². The summed E-state index contributed by atoms with van der Waals surface area (Å²) in [5, 5.41) is 0. The van der Waals surface area contributed by atoms with Gasteiger partial charge in [-0.25, -0.2) is 0 Å². The Labute approximate surface area is 141 Å². The number of carbonyl (C=O) groups excluding carboxylic acids is 2. The third-order valence-corrected chi connectivity index (χ3v) is 4.51. The zero-order valence-corrected chi connectivity index (χ0v) is 14.9. The predicted octanol–water partition coefficient (Wildman–Crippen LogP) is 5.72. The van der Waals surface area contributed by atoms with Gasteiger partial charge in [-0.1, -0.05) is 96.1 Å². The molecule has 1 aliphatic rings. The second-order valence-corrected chi connectivity index (χ2v) is 6.68. The van der Waals surface area contributed by atoms with Crippen molar-refractivity contribution >= 4 is 11.9 Å². The van der Waals surface area contributed by atoms with Crippen molar-refractivity contribution in [3.8, 4) is 0 Å². The van der Waals surface area contributed by atoms with Gasteiger partial charge in [-0.15, -0.1) is 0 Å². The number of ether oxygens (including phenoxy) is 1. The number of cyclic esters (lactones) is 2. The highest BCUT2D eigenvalue weighted by atomic mass is 16.6. The average Bonchev–Trinajstić information content (AvgIpc) is 2.54. The highest BCUT2D eigenvalue weighted by Gasteiger charge is 2.39. The summed E-state index contributed by atoms with van der Waals surface area (Å²) in [5.74, 6) is -1.43. The van der Waals surface area contributed by atoms with Gasteiger partial charge in [0.15, 0.2) is 5.92 Å². The van der Waals surface area contributed by atoms with Crippen molar-refractivity contribution in [2.75, 3.05) is 0 Å². The lowest BCUT2D eigenvalue weighted by molar-refractivity contribution is -0.180. The third-order valence-electron chi connectivity index (χ3n) is 4.51. The number of allylic oxidation sites excluding steroid dienone is 1. The van der Waals surface area contributed by atoms with Gasteiger partial charge in [0.2, 0.25) is 0 Å². The smallest absolute Gasteiger partial charge is 0.331 e. The second-order valence-electron chi connectivity index (χ2n) is 6.68. The molecule has 1 fully saturated rings. The van der Waals surface area contributed by atoms with Crippen LogP contribution in [0, 0.1) is 5.92 Å². The van der Waals surface area contributed by atoms with Crippen molar-refractivity contribution in [2.45, 2.75) is 96.8 Å². The Morgan fingerprint density at radius 1 is 0.739 bits per heavy atom. The van der Waals surface area contributed by atoms with Crippen molar-refractivity contribution in [1.29, 1.82) is 0 Å². The first-order valence-electron chi connectivity index (χ1n) is 9.68. The largest absolute Gasteiger partial charge is 0.391 e. The van der Waals surface area contributed by atoms with E-state index in [-0.39, 0.29) is 0 Å². The molecule has 0 amide bonds. The molecule has 1 rings (SSSR count). The van der Waals surface area contributed by atoms with Gasteiger partial charge in [-0.05, 0) is 12.8 Å². The second kappa shape index (κ2) is 13.3. The fourth-order valence-electron chi connectivity index (χ4n) is 2.93. The van der Waals surface area contributed by atoms with E-state index in [1.165, 1.54) is 77.0 Å². The monoisotopic (exact) mass is 322 g/mol. The Kier molecular flexibility index (Phi) is 11.5. The maximum absolute atomic E-state index is 10.9. The number of esters is 2. The van der Waals surface area contributed by atoms with E-state index in [9.17, 15) is 9.59 Å². The standard InChI is InChI=1S/C20H34O3/c1-2-3-4-5-6-7-8-9-10-11-12-13-14-15-16-17-18-19(21)23-20(18)22/h16-18H,2-15H2,1H3/b17-16-.